The first-order chi connectivity index (χ1) is 11.1. The summed E-state index contributed by atoms with van der Waals surface area (Å²) in [5.41, 5.74) is 0.846. The van der Waals surface area contributed by atoms with Crippen molar-refractivity contribution in [1.82, 2.24) is 10.2 Å². The molecule has 2 aliphatic rings. The lowest BCUT2D eigenvalue weighted by Gasteiger charge is -2.26. The van der Waals surface area contributed by atoms with E-state index in [0.29, 0.717) is 25.3 Å². The van der Waals surface area contributed by atoms with Crippen LogP contribution in [0.1, 0.15) is 12.8 Å². The Labute approximate surface area is 134 Å². The summed E-state index contributed by atoms with van der Waals surface area (Å²) in [5, 5.41) is 2.67. The molecule has 2 aliphatic heterocycles. The second-order valence-electron chi connectivity index (χ2n) is 5.60. The van der Waals surface area contributed by atoms with E-state index < -0.39 is 0 Å². The number of piperazine rings is 1. The van der Waals surface area contributed by atoms with Crippen molar-refractivity contribution in [2.45, 2.75) is 12.8 Å². The van der Waals surface area contributed by atoms with Gasteiger partial charge in [0, 0.05) is 31.7 Å². The van der Waals surface area contributed by atoms with Crippen molar-refractivity contribution < 1.29 is 19.1 Å². The van der Waals surface area contributed by atoms with E-state index in [1.807, 2.05) is 12.1 Å². The molecule has 0 atom stereocenters. The Hall–Kier alpha value is -2.57. The van der Waals surface area contributed by atoms with Crippen LogP contribution < -0.4 is 15.0 Å². The van der Waals surface area contributed by atoms with Gasteiger partial charge in [0.05, 0.1) is 6.54 Å². The Balaban J connectivity index is 1.53. The van der Waals surface area contributed by atoms with Gasteiger partial charge in [-0.05, 0) is 30.7 Å². The number of ether oxygens (including phenoxy) is 1. The van der Waals surface area contributed by atoms with Gasteiger partial charge in [0.25, 0.3) is 5.91 Å². The third kappa shape index (κ3) is 3.61. The average molecular weight is 317 g/mol. The Morgan fingerprint density at radius 2 is 1.96 bits per heavy atom. The first kappa shape index (κ1) is 15.3. The molecular weight excluding hydrogens is 298 g/mol. The maximum absolute atomic E-state index is 12.0. The van der Waals surface area contributed by atoms with Crippen LogP contribution in [0, 0.1) is 0 Å². The lowest BCUT2D eigenvalue weighted by Crippen LogP contribution is -2.51. The van der Waals surface area contributed by atoms with Crippen LogP contribution in [0.4, 0.5) is 5.69 Å². The van der Waals surface area contributed by atoms with Gasteiger partial charge in [-0.3, -0.25) is 14.4 Å². The molecule has 7 heteroatoms. The maximum atomic E-state index is 12.0. The number of anilines is 1. The van der Waals surface area contributed by atoms with Crippen LogP contribution in [-0.2, 0) is 14.4 Å². The van der Waals surface area contributed by atoms with Gasteiger partial charge >= 0.3 is 0 Å². The number of benzene rings is 1. The highest BCUT2D eigenvalue weighted by atomic mass is 16.5. The van der Waals surface area contributed by atoms with Crippen molar-refractivity contribution in [3.05, 3.63) is 24.3 Å². The van der Waals surface area contributed by atoms with Gasteiger partial charge in [0.1, 0.15) is 5.75 Å². The van der Waals surface area contributed by atoms with E-state index in [2.05, 4.69) is 5.32 Å². The predicted octanol–water partition coefficient (Wildman–Crippen LogP) is 0.151. The number of hydrogen-bond donors (Lipinski definition) is 1. The Bertz CT molecular complexity index is 614. The third-order valence-corrected chi connectivity index (χ3v) is 3.98. The van der Waals surface area contributed by atoms with Crippen molar-refractivity contribution >= 4 is 23.4 Å². The summed E-state index contributed by atoms with van der Waals surface area (Å²) in [5.74, 6) is 0.343. The zero-order valence-electron chi connectivity index (χ0n) is 12.8. The summed E-state index contributed by atoms with van der Waals surface area (Å²) >= 11 is 0. The minimum absolute atomic E-state index is 0.0816. The SMILES string of the molecule is O=C1CN(C(=O)COc2ccc(N3CCCC3=O)cc2)CCN1. The van der Waals surface area contributed by atoms with Crippen LogP contribution in [0.15, 0.2) is 24.3 Å². The van der Waals surface area contributed by atoms with Gasteiger partial charge < -0.3 is 19.9 Å². The Morgan fingerprint density at radius 1 is 1.17 bits per heavy atom. The van der Waals surface area contributed by atoms with Crippen LogP contribution in [0.5, 0.6) is 5.75 Å². The molecule has 1 N–H and O–H groups in total. The molecule has 7 nitrogen and oxygen atoms in total. The summed E-state index contributed by atoms with van der Waals surface area (Å²) in [6.45, 7) is 1.70. The van der Waals surface area contributed by atoms with E-state index >= 15 is 0 Å². The summed E-state index contributed by atoms with van der Waals surface area (Å²) in [6, 6.07) is 7.13. The Kier molecular flexibility index (Phi) is 4.45. The van der Waals surface area contributed by atoms with Gasteiger partial charge in [-0.2, -0.15) is 0 Å². The predicted molar refractivity (Wildman–Crippen MR) is 83.1 cm³/mol. The van der Waals surface area contributed by atoms with E-state index in [-0.39, 0.29) is 30.9 Å². The van der Waals surface area contributed by atoms with Crippen molar-refractivity contribution in [3.8, 4) is 5.75 Å². The van der Waals surface area contributed by atoms with Gasteiger partial charge in [-0.15, -0.1) is 0 Å². The summed E-state index contributed by atoms with van der Waals surface area (Å²) < 4.78 is 5.47. The molecule has 0 saturated carbocycles. The average Bonchev–Trinajstić information content (AvgIpc) is 2.99. The number of hydrogen-bond acceptors (Lipinski definition) is 4. The highest BCUT2D eigenvalue weighted by molar-refractivity contribution is 5.95. The lowest BCUT2D eigenvalue weighted by atomic mass is 10.3. The van der Waals surface area contributed by atoms with E-state index in [1.54, 1.807) is 17.0 Å². The number of carbonyl (C=O) groups excluding carboxylic acids is 3. The summed E-state index contributed by atoms with van der Waals surface area (Å²) in [4.78, 5) is 38.2. The van der Waals surface area contributed by atoms with Crippen molar-refractivity contribution in [2.24, 2.45) is 0 Å². The molecule has 1 aromatic carbocycles. The number of rotatable bonds is 4. The van der Waals surface area contributed by atoms with E-state index in [4.69, 9.17) is 4.74 Å². The topological polar surface area (TPSA) is 79.0 Å². The van der Waals surface area contributed by atoms with Crippen molar-refractivity contribution in [2.75, 3.05) is 37.7 Å². The number of nitrogens with zero attached hydrogens (tertiary/aromatic N) is 2. The van der Waals surface area contributed by atoms with Crippen LogP contribution in [0.25, 0.3) is 0 Å². The molecule has 122 valence electrons. The zero-order valence-corrected chi connectivity index (χ0v) is 12.8. The first-order valence-corrected chi connectivity index (χ1v) is 7.71. The quantitative estimate of drug-likeness (QED) is 0.857. The minimum atomic E-state index is -0.210. The molecule has 0 unspecified atom stereocenters. The maximum Gasteiger partial charge on any atom is 0.261 e. The molecule has 3 amide bonds. The molecule has 2 fully saturated rings. The molecule has 0 spiro atoms. The normalized spacial score (nSPS) is 18.1. The van der Waals surface area contributed by atoms with Gasteiger partial charge in [-0.1, -0.05) is 0 Å². The first-order valence-electron chi connectivity index (χ1n) is 7.71. The monoisotopic (exact) mass is 317 g/mol. The minimum Gasteiger partial charge on any atom is -0.484 e. The van der Waals surface area contributed by atoms with Gasteiger partial charge in [0.15, 0.2) is 6.61 Å². The molecule has 0 bridgehead atoms. The van der Waals surface area contributed by atoms with Crippen molar-refractivity contribution in [1.29, 1.82) is 0 Å². The van der Waals surface area contributed by atoms with Crippen LogP contribution in [-0.4, -0.2) is 55.4 Å². The molecule has 0 aromatic heterocycles. The second kappa shape index (κ2) is 6.68. The van der Waals surface area contributed by atoms with Gasteiger partial charge in [0.2, 0.25) is 11.8 Å². The summed E-state index contributed by atoms with van der Waals surface area (Å²) in [7, 11) is 0. The zero-order chi connectivity index (χ0) is 16.2. The fraction of sp³-hybridized carbons (Fsp3) is 0.438. The smallest absolute Gasteiger partial charge is 0.261 e. The number of amides is 3. The molecule has 1 aromatic rings. The number of nitrogens with one attached hydrogen (secondary N) is 1. The van der Waals surface area contributed by atoms with Crippen molar-refractivity contribution in [3.63, 3.8) is 0 Å². The second-order valence-corrected chi connectivity index (χ2v) is 5.60. The largest absolute Gasteiger partial charge is 0.484 e. The van der Waals surface area contributed by atoms with Gasteiger partial charge in [-0.25, -0.2) is 0 Å². The highest BCUT2D eigenvalue weighted by Gasteiger charge is 2.22. The van der Waals surface area contributed by atoms with Crippen LogP contribution >= 0.6 is 0 Å². The molecule has 0 radical (unpaired) electrons. The fourth-order valence-corrected chi connectivity index (χ4v) is 2.73. The molecule has 2 saturated heterocycles. The van der Waals surface area contributed by atoms with E-state index in [9.17, 15) is 14.4 Å². The molecule has 0 aliphatic carbocycles. The molecule has 2 heterocycles. The Morgan fingerprint density at radius 3 is 2.61 bits per heavy atom. The van der Waals surface area contributed by atoms with Crippen LogP contribution in [0.2, 0.25) is 0 Å². The van der Waals surface area contributed by atoms with E-state index in [1.165, 1.54) is 4.90 Å². The third-order valence-electron chi connectivity index (χ3n) is 3.98. The highest BCUT2D eigenvalue weighted by Crippen LogP contribution is 2.23. The molecular formula is C16H19N3O4. The standard InChI is InChI=1S/C16H19N3O4/c20-14-10-18(9-7-17-14)16(22)11-23-13-5-3-12(4-6-13)19-8-1-2-15(19)21/h3-6H,1-2,7-11H2,(H,17,20). The summed E-state index contributed by atoms with van der Waals surface area (Å²) in [6.07, 6.45) is 1.48. The molecule has 23 heavy (non-hydrogen) atoms. The lowest BCUT2D eigenvalue weighted by molar-refractivity contribution is -0.139. The molecule has 3 rings (SSSR count). The fourth-order valence-electron chi connectivity index (χ4n) is 2.73. The van der Waals surface area contributed by atoms with Crippen LogP contribution in [0.3, 0.4) is 0 Å². The number of carbonyl (C=O) groups is 3. The van der Waals surface area contributed by atoms with E-state index in [0.717, 1.165) is 18.7 Å².